The van der Waals surface area contributed by atoms with E-state index >= 15 is 0 Å². The number of amides is 1. The number of anilines is 2. The van der Waals surface area contributed by atoms with Crippen LogP contribution < -0.4 is 15.4 Å². The molecule has 1 aromatic heterocycles. The van der Waals surface area contributed by atoms with E-state index in [0.717, 1.165) is 49.8 Å². The van der Waals surface area contributed by atoms with Crippen LogP contribution in [0.4, 0.5) is 24.8 Å². The van der Waals surface area contributed by atoms with Gasteiger partial charge in [-0.15, -0.1) is 0 Å². The highest BCUT2D eigenvalue weighted by Gasteiger charge is 2.39. The molecule has 5 rings (SSSR count). The number of hydrogen-bond acceptors (Lipinski definition) is 7. The number of piperidine rings is 1. The van der Waals surface area contributed by atoms with Crippen molar-refractivity contribution in [1.82, 2.24) is 20.2 Å². The number of nitrogens with one attached hydrogen (secondary N) is 2. The van der Waals surface area contributed by atoms with Crippen LogP contribution in [0.25, 0.3) is 0 Å². The standard InChI is InChI=1S/C33H38F3N5O3/c1-4-41-13-11-21(12-14-41)15-29(43)23-9-10-27(30(18-23)44-3)39-32-37-19-26(33(34,35)36)28(40-32)17-24-16-22-7-5-6-8-25(22)31(24)38-20(2)42/h5-10,18-19,21,24,31H,4,11-17H2,1-3H3,(H,38,42)(H,37,39,40)/t24-,31-/m0/s1. The second-order valence-corrected chi connectivity index (χ2v) is 11.6. The Morgan fingerprint density at radius 2 is 1.86 bits per heavy atom. The SMILES string of the molecule is CCN1CCC(CC(=O)c2ccc(Nc3ncc(C(F)(F)F)c(C[C@@H]4Cc5ccccc5[C@H]4NC(C)=O)n3)c(OC)c2)CC1. The monoisotopic (exact) mass is 609 g/mol. The topological polar surface area (TPSA) is 96.5 Å². The number of methoxy groups -OCH3 is 1. The molecule has 2 heterocycles. The third-order valence-corrected chi connectivity index (χ3v) is 8.73. The van der Waals surface area contributed by atoms with Gasteiger partial charge in [-0.2, -0.15) is 13.2 Å². The second kappa shape index (κ2) is 13.3. The van der Waals surface area contributed by atoms with E-state index in [4.69, 9.17) is 4.74 Å². The van der Waals surface area contributed by atoms with Gasteiger partial charge in [0.1, 0.15) is 5.75 Å². The molecule has 0 bridgehead atoms. The Hall–Kier alpha value is -3.99. The van der Waals surface area contributed by atoms with E-state index < -0.39 is 17.8 Å². The summed E-state index contributed by atoms with van der Waals surface area (Å²) in [6.07, 6.45) is -0.946. The van der Waals surface area contributed by atoms with Gasteiger partial charge >= 0.3 is 6.18 Å². The molecule has 3 aromatic rings. The lowest BCUT2D eigenvalue weighted by Crippen LogP contribution is -2.34. The van der Waals surface area contributed by atoms with Gasteiger partial charge in [-0.05, 0) is 86.5 Å². The molecule has 1 saturated heterocycles. The minimum absolute atomic E-state index is 0.0204. The zero-order valence-electron chi connectivity index (χ0n) is 25.2. The number of Topliss-reactive ketones (excluding diaryl/α,β-unsaturated/α-hetero) is 1. The van der Waals surface area contributed by atoms with Crippen LogP contribution in [-0.4, -0.2) is 53.3 Å². The number of rotatable bonds is 10. The predicted octanol–water partition coefficient (Wildman–Crippen LogP) is 6.14. The van der Waals surface area contributed by atoms with Gasteiger partial charge in [0, 0.05) is 25.1 Å². The lowest BCUT2D eigenvalue weighted by atomic mass is 9.90. The Kier molecular flexibility index (Phi) is 9.53. The quantitative estimate of drug-likeness (QED) is 0.267. The smallest absolute Gasteiger partial charge is 0.419 e. The Balaban J connectivity index is 1.35. The van der Waals surface area contributed by atoms with Crippen molar-refractivity contribution in [3.63, 3.8) is 0 Å². The van der Waals surface area contributed by atoms with Crippen LogP contribution in [0.5, 0.6) is 5.75 Å². The van der Waals surface area contributed by atoms with Gasteiger partial charge in [0.25, 0.3) is 0 Å². The summed E-state index contributed by atoms with van der Waals surface area (Å²) in [6, 6.07) is 12.1. The van der Waals surface area contributed by atoms with Gasteiger partial charge in [-0.1, -0.05) is 31.2 Å². The number of alkyl halides is 3. The van der Waals surface area contributed by atoms with E-state index in [0.29, 0.717) is 35.8 Å². The van der Waals surface area contributed by atoms with Crippen LogP contribution in [0.2, 0.25) is 0 Å². The molecule has 0 saturated carbocycles. The van der Waals surface area contributed by atoms with Crippen molar-refractivity contribution in [3.05, 3.63) is 76.6 Å². The van der Waals surface area contributed by atoms with Crippen LogP contribution in [0.3, 0.4) is 0 Å². The number of nitrogens with zero attached hydrogens (tertiary/aromatic N) is 3. The lowest BCUT2D eigenvalue weighted by Gasteiger charge is -2.30. The number of ether oxygens (including phenoxy) is 1. The van der Waals surface area contributed by atoms with Crippen LogP contribution in [0.15, 0.2) is 48.7 Å². The maximum Gasteiger partial charge on any atom is 0.419 e. The van der Waals surface area contributed by atoms with Crippen molar-refractivity contribution in [3.8, 4) is 5.75 Å². The van der Waals surface area contributed by atoms with Gasteiger partial charge in [-0.3, -0.25) is 9.59 Å². The summed E-state index contributed by atoms with van der Waals surface area (Å²) in [4.78, 5) is 35.7. The van der Waals surface area contributed by atoms with Gasteiger partial charge in [0.15, 0.2) is 5.78 Å². The van der Waals surface area contributed by atoms with E-state index in [9.17, 15) is 22.8 Å². The van der Waals surface area contributed by atoms with Crippen molar-refractivity contribution in [2.75, 3.05) is 32.1 Å². The first-order chi connectivity index (χ1) is 21.0. The van der Waals surface area contributed by atoms with E-state index in [1.165, 1.54) is 14.0 Å². The number of halogens is 3. The molecular weight excluding hydrogens is 571 g/mol. The highest BCUT2D eigenvalue weighted by atomic mass is 19.4. The normalized spacial score (nSPS) is 19.0. The minimum Gasteiger partial charge on any atom is -0.495 e. The molecule has 1 aliphatic heterocycles. The minimum atomic E-state index is -4.66. The third kappa shape index (κ3) is 7.20. The second-order valence-electron chi connectivity index (χ2n) is 11.6. The van der Waals surface area contributed by atoms with E-state index in [-0.39, 0.29) is 35.7 Å². The number of hydrogen-bond donors (Lipinski definition) is 2. The summed E-state index contributed by atoms with van der Waals surface area (Å²) >= 11 is 0. The Bertz CT molecular complexity index is 1500. The predicted molar refractivity (Wildman–Crippen MR) is 161 cm³/mol. The van der Waals surface area contributed by atoms with Crippen LogP contribution in [0.1, 0.15) is 71.9 Å². The van der Waals surface area contributed by atoms with Crippen molar-refractivity contribution in [2.24, 2.45) is 11.8 Å². The molecule has 44 heavy (non-hydrogen) atoms. The van der Waals surface area contributed by atoms with Crippen LogP contribution in [-0.2, 0) is 23.8 Å². The molecule has 2 N–H and O–H groups in total. The van der Waals surface area contributed by atoms with Crippen molar-refractivity contribution in [2.45, 2.75) is 58.2 Å². The fourth-order valence-corrected chi connectivity index (χ4v) is 6.38. The highest BCUT2D eigenvalue weighted by molar-refractivity contribution is 5.97. The van der Waals surface area contributed by atoms with Gasteiger partial charge in [0.2, 0.25) is 11.9 Å². The Labute approximate surface area is 255 Å². The molecular formula is C33H38F3N5O3. The fraction of sp³-hybridized carbons (Fsp3) is 0.455. The zero-order chi connectivity index (χ0) is 31.4. The largest absolute Gasteiger partial charge is 0.495 e. The summed E-state index contributed by atoms with van der Waals surface area (Å²) in [5, 5.41) is 5.90. The molecule has 0 unspecified atom stereocenters. The first kappa shape index (κ1) is 31.4. The van der Waals surface area contributed by atoms with Gasteiger partial charge in [0.05, 0.1) is 30.1 Å². The zero-order valence-corrected chi connectivity index (χ0v) is 25.2. The van der Waals surface area contributed by atoms with E-state index in [1.807, 2.05) is 24.3 Å². The van der Waals surface area contributed by atoms with Crippen molar-refractivity contribution in [1.29, 1.82) is 0 Å². The summed E-state index contributed by atoms with van der Waals surface area (Å²) < 4.78 is 47.7. The number of benzene rings is 2. The van der Waals surface area contributed by atoms with Gasteiger partial charge < -0.3 is 20.3 Å². The number of carbonyl (C=O) groups excluding carboxylic acids is 2. The molecule has 0 spiro atoms. The molecule has 1 aliphatic carbocycles. The molecule has 234 valence electrons. The molecule has 2 aliphatic rings. The highest BCUT2D eigenvalue weighted by Crippen LogP contribution is 2.40. The molecule has 2 aromatic carbocycles. The number of ketones is 1. The summed E-state index contributed by atoms with van der Waals surface area (Å²) in [5.74, 6) is 0.122. The average molecular weight is 610 g/mol. The maximum absolute atomic E-state index is 14.1. The van der Waals surface area contributed by atoms with Crippen molar-refractivity contribution >= 4 is 23.3 Å². The number of fused-ring (bicyclic) bond motifs is 1. The molecule has 1 fully saturated rings. The fourth-order valence-electron chi connectivity index (χ4n) is 6.38. The van der Waals surface area contributed by atoms with Crippen molar-refractivity contribution < 1.29 is 27.5 Å². The lowest BCUT2D eigenvalue weighted by molar-refractivity contribution is -0.138. The molecule has 0 radical (unpaired) electrons. The number of carbonyl (C=O) groups is 2. The molecule has 1 amide bonds. The maximum atomic E-state index is 14.1. The Morgan fingerprint density at radius 3 is 2.55 bits per heavy atom. The first-order valence-corrected chi connectivity index (χ1v) is 15.0. The summed E-state index contributed by atoms with van der Waals surface area (Å²) in [6.45, 7) is 6.55. The first-order valence-electron chi connectivity index (χ1n) is 15.0. The summed E-state index contributed by atoms with van der Waals surface area (Å²) in [7, 11) is 1.47. The molecule has 8 nitrogen and oxygen atoms in total. The Morgan fingerprint density at radius 1 is 1.11 bits per heavy atom. The van der Waals surface area contributed by atoms with E-state index in [1.54, 1.807) is 18.2 Å². The van der Waals surface area contributed by atoms with E-state index in [2.05, 4.69) is 32.4 Å². The molecule has 2 atom stereocenters. The average Bonchev–Trinajstić information content (AvgIpc) is 3.33. The number of likely N-dealkylation sites (tertiary alicyclic amines) is 1. The number of aromatic nitrogens is 2. The van der Waals surface area contributed by atoms with Crippen LogP contribution in [0, 0.1) is 11.8 Å². The molecule has 11 heteroatoms. The van der Waals surface area contributed by atoms with Gasteiger partial charge in [-0.25, -0.2) is 9.97 Å². The third-order valence-electron chi connectivity index (χ3n) is 8.73. The van der Waals surface area contributed by atoms with Crippen LogP contribution >= 0.6 is 0 Å². The summed E-state index contributed by atoms with van der Waals surface area (Å²) in [5.41, 5.74) is 1.75.